The normalized spacial score (nSPS) is 18.3. The first-order valence-electron chi connectivity index (χ1n) is 12.5. The number of ether oxygens (including phenoxy) is 2. The number of nitrogens with zero attached hydrogens (tertiary/aromatic N) is 2. The summed E-state index contributed by atoms with van der Waals surface area (Å²) in [6, 6.07) is 19.1. The lowest BCUT2D eigenvalue weighted by Gasteiger charge is -2.32. The monoisotopic (exact) mass is 536 g/mol. The van der Waals surface area contributed by atoms with Gasteiger partial charge >= 0.3 is 0 Å². The van der Waals surface area contributed by atoms with Gasteiger partial charge in [0.2, 0.25) is 0 Å². The van der Waals surface area contributed by atoms with Gasteiger partial charge < -0.3 is 9.47 Å². The summed E-state index contributed by atoms with van der Waals surface area (Å²) in [5, 5.41) is 0. The van der Waals surface area contributed by atoms with Gasteiger partial charge in [0, 0.05) is 62.2 Å². The van der Waals surface area contributed by atoms with E-state index in [-0.39, 0.29) is 48.2 Å². The number of hydrogen-bond acceptors (Lipinski definition) is 6. The van der Waals surface area contributed by atoms with Crippen molar-refractivity contribution in [1.29, 1.82) is 0 Å². The van der Waals surface area contributed by atoms with Crippen molar-refractivity contribution >= 4 is 36.4 Å². The number of halogens is 2. The van der Waals surface area contributed by atoms with Gasteiger partial charge in [0.25, 0.3) is 0 Å². The minimum Gasteiger partial charge on any atom is -0.379 e. The van der Waals surface area contributed by atoms with Crippen LogP contribution in [-0.4, -0.2) is 87.1 Å². The third-order valence-electron chi connectivity index (χ3n) is 6.89. The maximum absolute atomic E-state index is 13.5. The molecular formula is C28H38Cl2N2O4. The van der Waals surface area contributed by atoms with Gasteiger partial charge in [-0.15, -0.1) is 24.8 Å². The lowest BCUT2D eigenvalue weighted by molar-refractivity contribution is 0.0254. The van der Waals surface area contributed by atoms with Crippen LogP contribution in [0.15, 0.2) is 60.7 Å². The molecular weight excluding hydrogens is 499 g/mol. The molecule has 2 heterocycles. The van der Waals surface area contributed by atoms with Crippen LogP contribution in [0.4, 0.5) is 0 Å². The highest BCUT2D eigenvalue weighted by Gasteiger charge is 2.29. The molecule has 0 saturated carbocycles. The molecule has 4 rings (SSSR count). The molecule has 0 N–H and O–H groups in total. The summed E-state index contributed by atoms with van der Waals surface area (Å²) < 4.78 is 11.0. The lowest BCUT2D eigenvalue weighted by Crippen LogP contribution is -2.42. The highest BCUT2D eigenvalue weighted by atomic mass is 35.5. The third kappa shape index (κ3) is 8.94. The molecule has 6 nitrogen and oxygen atoms in total. The smallest absolute Gasteiger partial charge is 0.167 e. The van der Waals surface area contributed by atoms with Gasteiger partial charge in [0.1, 0.15) is 0 Å². The molecule has 8 heteroatoms. The summed E-state index contributed by atoms with van der Waals surface area (Å²) in [7, 11) is 0. The van der Waals surface area contributed by atoms with E-state index < -0.39 is 0 Å². The number of carbonyl (C=O) groups excluding carboxylic acids is 2. The predicted molar refractivity (Wildman–Crippen MR) is 147 cm³/mol. The Morgan fingerprint density at radius 1 is 0.611 bits per heavy atom. The van der Waals surface area contributed by atoms with Crippen molar-refractivity contribution in [2.45, 2.75) is 12.8 Å². The first-order chi connectivity index (χ1) is 16.7. The first kappa shape index (κ1) is 30.4. The van der Waals surface area contributed by atoms with E-state index in [0.717, 1.165) is 37.3 Å². The van der Waals surface area contributed by atoms with E-state index in [1.807, 2.05) is 60.7 Å². The van der Waals surface area contributed by atoms with E-state index in [9.17, 15) is 9.59 Å². The maximum Gasteiger partial charge on any atom is 0.167 e. The van der Waals surface area contributed by atoms with Gasteiger partial charge in [-0.1, -0.05) is 60.7 Å². The Morgan fingerprint density at radius 2 is 0.944 bits per heavy atom. The summed E-state index contributed by atoms with van der Waals surface area (Å²) in [6.07, 6.45) is 1.39. The van der Waals surface area contributed by atoms with Gasteiger partial charge in [0.05, 0.1) is 26.4 Å². The van der Waals surface area contributed by atoms with Crippen LogP contribution in [0, 0.1) is 11.8 Å². The minimum atomic E-state index is -0.142. The van der Waals surface area contributed by atoms with Crippen LogP contribution in [0.5, 0.6) is 0 Å². The molecule has 0 aliphatic carbocycles. The molecule has 2 saturated heterocycles. The quantitative estimate of drug-likeness (QED) is 0.399. The summed E-state index contributed by atoms with van der Waals surface area (Å²) >= 11 is 0. The Bertz CT molecular complexity index is 829. The molecule has 2 atom stereocenters. The van der Waals surface area contributed by atoms with E-state index in [1.54, 1.807) is 0 Å². The second kappa shape index (κ2) is 16.1. The Morgan fingerprint density at radius 3 is 1.28 bits per heavy atom. The molecule has 2 aromatic carbocycles. The topological polar surface area (TPSA) is 59.1 Å². The number of carbonyl (C=O) groups is 2. The van der Waals surface area contributed by atoms with Crippen molar-refractivity contribution in [3.8, 4) is 0 Å². The number of morpholine rings is 2. The largest absolute Gasteiger partial charge is 0.379 e. The van der Waals surface area contributed by atoms with E-state index in [4.69, 9.17) is 9.47 Å². The number of hydrogen-bond donors (Lipinski definition) is 0. The zero-order valence-electron chi connectivity index (χ0n) is 20.8. The molecule has 0 bridgehead atoms. The van der Waals surface area contributed by atoms with Crippen molar-refractivity contribution < 1.29 is 19.1 Å². The molecule has 0 radical (unpaired) electrons. The number of ketones is 2. The summed E-state index contributed by atoms with van der Waals surface area (Å²) in [6.45, 7) is 7.63. The highest BCUT2D eigenvalue weighted by molar-refractivity contribution is 5.99. The summed E-state index contributed by atoms with van der Waals surface area (Å²) in [5.74, 6) is 0.0567. The standard InChI is InChI=1S/C28H36N2O4.2ClH/c31-27(23-7-3-1-4-8-23)25(21-29-13-17-33-18-14-29)11-12-26(22-30-15-19-34-20-16-30)28(32)24-9-5-2-6-10-24;;/h1-10,25-26H,11-22H2;2*1H. The third-order valence-corrected chi connectivity index (χ3v) is 6.89. The fourth-order valence-electron chi connectivity index (χ4n) is 4.88. The second-order valence-corrected chi connectivity index (χ2v) is 9.26. The Balaban J connectivity index is 0.00000228. The van der Waals surface area contributed by atoms with Crippen LogP contribution in [0.3, 0.4) is 0 Å². The van der Waals surface area contributed by atoms with E-state index in [0.29, 0.717) is 52.4 Å². The molecule has 2 fully saturated rings. The first-order valence-corrected chi connectivity index (χ1v) is 12.5. The summed E-state index contributed by atoms with van der Waals surface area (Å²) in [4.78, 5) is 31.6. The molecule has 0 aromatic heterocycles. The van der Waals surface area contributed by atoms with Crippen LogP contribution < -0.4 is 0 Å². The van der Waals surface area contributed by atoms with Crippen molar-refractivity contribution in [2.75, 3.05) is 65.7 Å². The van der Waals surface area contributed by atoms with Gasteiger partial charge in [-0.25, -0.2) is 0 Å². The van der Waals surface area contributed by atoms with Crippen LogP contribution >= 0.6 is 24.8 Å². The second-order valence-electron chi connectivity index (χ2n) is 9.26. The fraction of sp³-hybridized carbons (Fsp3) is 0.500. The van der Waals surface area contributed by atoms with Crippen LogP contribution in [0.2, 0.25) is 0 Å². The number of rotatable bonds is 11. The molecule has 2 aromatic rings. The van der Waals surface area contributed by atoms with Gasteiger partial charge in [-0.3, -0.25) is 19.4 Å². The van der Waals surface area contributed by atoms with E-state index in [1.165, 1.54) is 0 Å². The van der Waals surface area contributed by atoms with Crippen LogP contribution in [0.25, 0.3) is 0 Å². The van der Waals surface area contributed by atoms with Gasteiger partial charge in [0.15, 0.2) is 11.6 Å². The van der Waals surface area contributed by atoms with E-state index in [2.05, 4.69) is 9.80 Å². The Kier molecular flexibility index (Phi) is 13.6. The zero-order chi connectivity index (χ0) is 23.6. The van der Waals surface area contributed by atoms with Gasteiger partial charge in [-0.05, 0) is 12.8 Å². The molecule has 2 aliphatic rings. The average Bonchev–Trinajstić information content (AvgIpc) is 2.91. The molecule has 2 aliphatic heterocycles. The highest BCUT2D eigenvalue weighted by Crippen LogP contribution is 2.23. The van der Waals surface area contributed by atoms with Crippen LogP contribution in [0.1, 0.15) is 33.6 Å². The molecule has 0 spiro atoms. The fourth-order valence-corrected chi connectivity index (χ4v) is 4.88. The van der Waals surface area contributed by atoms with Crippen LogP contribution in [-0.2, 0) is 9.47 Å². The molecule has 2 unspecified atom stereocenters. The Labute approximate surface area is 227 Å². The predicted octanol–water partition coefficient (Wildman–Crippen LogP) is 4.27. The van der Waals surface area contributed by atoms with Crippen molar-refractivity contribution in [1.82, 2.24) is 9.80 Å². The van der Waals surface area contributed by atoms with Crippen molar-refractivity contribution in [3.63, 3.8) is 0 Å². The molecule has 0 amide bonds. The SMILES string of the molecule is Cl.Cl.O=C(c1ccccc1)C(CCC(CN1CCOCC1)C(=O)c1ccccc1)CN1CCOCC1. The zero-order valence-corrected chi connectivity index (χ0v) is 22.4. The Hall–Kier alpha value is -1.80. The average molecular weight is 538 g/mol. The minimum absolute atomic E-state index is 0. The maximum atomic E-state index is 13.5. The van der Waals surface area contributed by atoms with Crippen molar-refractivity contribution in [2.24, 2.45) is 11.8 Å². The summed E-state index contributed by atoms with van der Waals surface area (Å²) in [5.41, 5.74) is 1.50. The molecule has 198 valence electrons. The lowest BCUT2D eigenvalue weighted by atomic mass is 9.86. The number of benzene rings is 2. The van der Waals surface area contributed by atoms with Gasteiger partial charge in [-0.2, -0.15) is 0 Å². The van der Waals surface area contributed by atoms with Crippen molar-refractivity contribution in [3.05, 3.63) is 71.8 Å². The molecule has 36 heavy (non-hydrogen) atoms. The number of Topliss-reactive ketones (excluding diaryl/α,β-unsaturated/α-hetero) is 2. The van der Waals surface area contributed by atoms with E-state index >= 15 is 0 Å².